The van der Waals surface area contributed by atoms with Crippen molar-refractivity contribution in [3.63, 3.8) is 0 Å². The maximum absolute atomic E-state index is 5.70. The third-order valence-electron chi connectivity index (χ3n) is 2.55. The first-order valence-electron chi connectivity index (χ1n) is 5.36. The summed E-state index contributed by atoms with van der Waals surface area (Å²) in [7, 11) is 2.10. The van der Waals surface area contributed by atoms with Gasteiger partial charge in [-0.1, -0.05) is 0 Å². The highest BCUT2D eigenvalue weighted by molar-refractivity contribution is 5.78. The summed E-state index contributed by atoms with van der Waals surface area (Å²) in [5.41, 5.74) is 5.70. The van der Waals surface area contributed by atoms with Crippen LogP contribution in [-0.4, -0.2) is 43.1 Å². The number of nitrogens with two attached hydrogens (primary N) is 1. The van der Waals surface area contributed by atoms with Gasteiger partial charge in [0, 0.05) is 18.6 Å². The molecular weight excluding hydrogens is 176 g/mol. The molecule has 0 aromatic heterocycles. The smallest absolute Gasteiger partial charge is 0.188 e. The van der Waals surface area contributed by atoms with Crippen LogP contribution in [0.25, 0.3) is 0 Å². The van der Waals surface area contributed by atoms with Crippen LogP contribution in [0.15, 0.2) is 4.99 Å². The maximum Gasteiger partial charge on any atom is 0.188 e. The van der Waals surface area contributed by atoms with E-state index in [-0.39, 0.29) is 0 Å². The normalized spacial score (nSPS) is 17.9. The zero-order valence-corrected chi connectivity index (χ0v) is 9.45. The summed E-state index contributed by atoms with van der Waals surface area (Å²) < 4.78 is 0. The Morgan fingerprint density at radius 2 is 2.21 bits per heavy atom. The summed E-state index contributed by atoms with van der Waals surface area (Å²) in [4.78, 5) is 6.53. The Balaban J connectivity index is 2.11. The summed E-state index contributed by atoms with van der Waals surface area (Å²) in [6, 6.07) is 1.17. The van der Waals surface area contributed by atoms with Gasteiger partial charge in [-0.15, -0.1) is 0 Å². The average Bonchev–Trinajstić information content (AvgIpc) is 2.87. The van der Waals surface area contributed by atoms with Gasteiger partial charge in [0.15, 0.2) is 5.96 Å². The molecule has 0 spiro atoms. The molecule has 0 bridgehead atoms. The van der Waals surface area contributed by atoms with Crippen molar-refractivity contribution in [1.29, 1.82) is 0 Å². The molecule has 1 saturated carbocycles. The molecule has 0 aromatic carbocycles. The molecule has 0 amide bonds. The molecule has 1 aliphatic carbocycles. The van der Waals surface area contributed by atoms with Crippen LogP contribution in [0, 0.1) is 0 Å². The number of aliphatic imine (C=N–C) groups is 1. The van der Waals surface area contributed by atoms with Gasteiger partial charge in [-0.05, 0) is 33.7 Å². The standard InChI is InChI=1S/C10H22N4/c1-8(2)14(3)7-6-12-10(11)13-9-4-5-9/h8-9H,4-7H2,1-3H3,(H3,11,12,13). The Morgan fingerprint density at radius 1 is 1.57 bits per heavy atom. The molecule has 0 saturated heterocycles. The minimum Gasteiger partial charge on any atom is -0.370 e. The molecule has 3 N–H and O–H groups in total. The molecule has 1 rings (SSSR count). The lowest BCUT2D eigenvalue weighted by molar-refractivity contribution is 0.282. The first-order valence-corrected chi connectivity index (χ1v) is 5.36. The van der Waals surface area contributed by atoms with E-state index in [0.717, 1.165) is 13.1 Å². The molecule has 14 heavy (non-hydrogen) atoms. The Kier molecular flexibility index (Phi) is 4.20. The monoisotopic (exact) mass is 198 g/mol. The summed E-state index contributed by atoms with van der Waals surface area (Å²) in [6.45, 7) is 6.09. The van der Waals surface area contributed by atoms with Gasteiger partial charge < -0.3 is 16.0 Å². The fourth-order valence-corrected chi connectivity index (χ4v) is 1.07. The fourth-order valence-electron chi connectivity index (χ4n) is 1.07. The number of hydrogen-bond donors (Lipinski definition) is 2. The number of nitrogens with one attached hydrogen (secondary N) is 1. The van der Waals surface area contributed by atoms with Crippen LogP contribution < -0.4 is 11.1 Å². The van der Waals surface area contributed by atoms with E-state index in [4.69, 9.17) is 5.73 Å². The average molecular weight is 198 g/mol. The van der Waals surface area contributed by atoms with Gasteiger partial charge in [0.05, 0.1) is 6.54 Å². The summed E-state index contributed by atoms with van der Waals surface area (Å²) in [6.07, 6.45) is 2.48. The van der Waals surface area contributed by atoms with Gasteiger partial charge in [0.25, 0.3) is 0 Å². The predicted molar refractivity (Wildman–Crippen MR) is 60.4 cm³/mol. The zero-order valence-electron chi connectivity index (χ0n) is 9.45. The van der Waals surface area contributed by atoms with Crippen LogP contribution in [0.5, 0.6) is 0 Å². The Bertz CT molecular complexity index is 196. The van der Waals surface area contributed by atoms with Crippen molar-refractivity contribution in [2.45, 2.75) is 38.8 Å². The highest BCUT2D eigenvalue weighted by Crippen LogP contribution is 2.17. The van der Waals surface area contributed by atoms with E-state index in [1.165, 1.54) is 12.8 Å². The quantitative estimate of drug-likeness (QED) is 0.496. The van der Waals surface area contributed by atoms with E-state index in [2.05, 4.69) is 36.1 Å². The lowest BCUT2D eigenvalue weighted by Gasteiger charge is -2.19. The largest absolute Gasteiger partial charge is 0.370 e. The molecule has 4 nitrogen and oxygen atoms in total. The van der Waals surface area contributed by atoms with Crippen molar-refractivity contribution < 1.29 is 0 Å². The van der Waals surface area contributed by atoms with Gasteiger partial charge >= 0.3 is 0 Å². The maximum atomic E-state index is 5.70. The summed E-state index contributed by atoms with van der Waals surface area (Å²) in [5.74, 6) is 0.602. The molecule has 82 valence electrons. The van der Waals surface area contributed by atoms with Crippen molar-refractivity contribution in [2.24, 2.45) is 10.7 Å². The lowest BCUT2D eigenvalue weighted by Crippen LogP contribution is -2.35. The predicted octanol–water partition coefficient (Wildman–Crippen LogP) is 0.393. The van der Waals surface area contributed by atoms with Crippen LogP contribution in [-0.2, 0) is 0 Å². The first kappa shape index (κ1) is 11.3. The van der Waals surface area contributed by atoms with Crippen molar-refractivity contribution >= 4 is 5.96 Å². The Morgan fingerprint density at radius 3 is 2.71 bits per heavy atom. The van der Waals surface area contributed by atoms with Crippen LogP contribution in [0.1, 0.15) is 26.7 Å². The minimum atomic E-state index is 0.572. The fraction of sp³-hybridized carbons (Fsp3) is 0.900. The second-order valence-electron chi connectivity index (χ2n) is 4.26. The van der Waals surface area contributed by atoms with Crippen LogP contribution in [0.4, 0.5) is 0 Å². The molecule has 1 aliphatic rings. The molecule has 0 unspecified atom stereocenters. The summed E-state index contributed by atoms with van der Waals surface area (Å²) >= 11 is 0. The number of nitrogens with zero attached hydrogens (tertiary/aromatic N) is 2. The molecule has 1 fully saturated rings. The van der Waals surface area contributed by atoms with E-state index in [1.54, 1.807) is 0 Å². The van der Waals surface area contributed by atoms with E-state index in [0.29, 0.717) is 18.0 Å². The van der Waals surface area contributed by atoms with Crippen LogP contribution in [0.3, 0.4) is 0 Å². The van der Waals surface area contributed by atoms with Crippen LogP contribution in [0.2, 0.25) is 0 Å². The Labute approximate surface area is 86.6 Å². The van der Waals surface area contributed by atoms with Crippen molar-refractivity contribution in [3.05, 3.63) is 0 Å². The van der Waals surface area contributed by atoms with E-state index in [1.807, 2.05) is 0 Å². The second-order valence-corrected chi connectivity index (χ2v) is 4.26. The number of likely N-dealkylation sites (N-methyl/N-ethyl adjacent to an activating group) is 1. The number of rotatable bonds is 5. The molecule has 4 heteroatoms. The minimum absolute atomic E-state index is 0.572. The van der Waals surface area contributed by atoms with Crippen LogP contribution >= 0.6 is 0 Å². The third kappa shape index (κ3) is 4.46. The topological polar surface area (TPSA) is 53.6 Å². The first-order chi connectivity index (χ1) is 6.59. The van der Waals surface area contributed by atoms with Crippen molar-refractivity contribution in [3.8, 4) is 0 Å². The highest BCUT2D eigenvalue weighted by atomic mass is 15.2. The van der Waals surface area contributed by atoms with Gasteiger partial charge in [0.2, 0.25) is 0 Å². The molecule has 0 aromatic rings. The zero-order chi connectivity index (χ0) is 10.6. The lowest BCUT2D eigenvalue weighted by atomic mass is 10.3. The Hall–Kier alpha value is -0.770. The van der Waals surface area contributed by atoms with E-state index < -0.39 is 0 Å². The molecule has 0 radical (unpaired) electrons. The third-order valence-corrected chi connectivity index (χ3v) is 2.55. The molecule has 0 aliphatic heterocycles. The molecule has 0 heterocycles. The van der Waals surface area contributed by atoms with Gasteiger partial charge in [0.1, 0.15) is 0 Å². The van der Waals surface area contributed by atoms with E-state index >= 15 is 0 Å². The summed E-state index contributed by atoms with van der Waals surface area (Å²) in [5, 5.41) is 3.17. The molecule has 0 atom stereocenters. The van der Waals surface area contributed by atoms with Crippen molar-refractivity contribution in [2.75, 3.05) is 20.1 Å². The molecular formula is C10H22N4. The van der Waals surface area contributed by atoms with Crippen molar-refractivity contribution in [1.82, 2.24) is 10.2 Å². The second kappa shape index (κ2) is 5.20. The highest BCUT2D eigenvalue weighted by Gasteiger charge is 2.21. The number of hydrogen-bond acceptors (Lipinski definition) is 2. The number of guanidine groups is 1. The van der Waals surface area contributed by atoms with Gasteiger partial charge in [-0.25, -0.2) is 0 Å². The SMILES string of the molecule is CC(C)N(C)CCN=C(N)NC1CC1. The van der Waals surface area contributed by atoms with Gasteiger partial charge in [-0.2, -0.15) is 0 Å². The van der Waals surface area contributed by atoms with E-state index in [9.17, 15) is 0 Å². The van der Waals surface area contributed by atoms with Gasteiger partial charge in [-0.3, -0.25) is 4.99 Å².